The second kappa shape index (κ2) is 8.00. The van der Waals surface area contributed by atoms with Crippen LogP contribution in [-0.4, -0.2) is 53.9 Å². The Morgan fingerprint density at radius 1 is 1.21 bits per heavy atom. The van der Waals surface area contributed by atoms with Gasteiger partial charge in [-0.2, -0.15) is 0 Å². The SMILES string of the molecule is Cc1cc(C)c(C)c(S(=O)(=O)NCCC(=O)N2CCC(n3ccnn3)C2)c1C. The van der Waals surface area contributed by atoms with E-state index in [-0.39, 0.29) is 24.9 Å². The Balaban J connectivity index is 1.60. The van der Waals surface area contributed by atoms with E-state index in [1.54, 1.807) is 22.0 Å². The summed E-state index contributed by atoms with van der Waals surface area (Å²) in [6, 6.07) is 2.12. The van der Waals surface area contributed by atoms with Gasteiger partial charge >= 0.3 is 0 Å². The molecule has 0 bridgehead atoms. The van der Waals surface area contributed by atoms with E-state index in [2.05, 4.69) is 15.0 Å². The minimum atomic E-state index is -3.68. The maximum Gasteiger partial charge on any atom is 0.241 e. The van der Waals surface area contributed by atoms with Gasteiger partial charge in [0, 0.05) is 32.3 Å². The Hall–Kier alpha value is -2.26. The van der Waals surface area contributed by atoms with E-state index < -0.39 is 10.0 Å². The molecule has 1 aromatic carbocycles. The zero-order chi connectivity index (χ0) is 20.5. The quantitative estimate of drug-likeness (QED) is 0.788. The number of carbonyl (C=O) groups excluding carboxylic acids is 1. The van der Waals surface area contributed by atoms with Crippen LogP contribution in [0.5, 0.6) is 0 Å². The van der Waals surface area contributed by atoms with Gasteiger partial charge in [-0.15, -0.1) is 5.10 Å². The molecule has 0 spiro atoms. The molecule has 9 heteroatoms. The summed E-state index contributed by atoms with van der Waals surface area (Å²) in [5, 5.41) is 7.79. The molecule has 1 amide bonds. The number of aryl methyl sites for hydroxylation is 2. The Morgan fingerprint density at radius 3 is 2.50 bits per heavy atom. The van der Waals surface area contributed by atoms with E-state index in [1.807, 2.05) is 33.8 Å². The van der Waals surface area contributed by atoms with Gasteiger partial charge in [-0.25, -0.2) is 17.8 Å². The van der Waals surface area contributed by atoms with Crippen molar-refractivity contribution in [2.45, 2.75) is 51.5 Å². The van der Waals surface area contributed by atoms with Gasteiger partial charge in [0.15, 0.2) is 0 Å². The van der Waals surface area contributed by atoms with Gasteiger partial charge in [0.2, 0.25) is 15.9 Å². The van der Waals surface area contributed by atoms with Crippen LogP contribution in [0.4, 0.5) is 0 Å². The van der Waals surface area contributed by atoms with Crippen molar-refractivity contribution in [3.05, 3.63) is 40.7 Å². The molecule has 0 aliphatic carbocycles. The molecule has 1 aliphatic heterocycles. The van der Waals surface area contributed by atoms with Crippen molar-refractivity contribution in [1.29, 1.82) is 0 Å². The highest BCUT2D eigenvalue weighted by Gasteiger charge is 2.28. The standard InChI is InChI=1S/C19H27N5O3S/c1-13-11-14(2)16(4)19(15(13)3)28(26,27)21-7-5-18(25)23-9-6-17(12-23)24-10-8-20-22-24/h8,10-11,17,21H,5-7,9,12H2,1-4H3. The second-order valence-electron chi connectivity index (χ2n) is 7.40. The first-order valence-corrected chi connectivity index (χ1v) is 10.9. The molecule has 0 saturated carbocycles. The van der Waals surface area contributed by atoms with Gasteiger partial charge in [0.05, 0.1) is 17.1 Å². The first-order valence-electron chi connectivity index (χ1n) is 9.41. The Bertz CT molecular complexity index is 944. The predicted octanol–water partition coefficient (Wildman–Crippen LogP) is 1.65. The van der Waals surface area contributed by atoms with Crippen molar-refractivity contribution in [2.24, 2.45) is 0 Å². The first kappa shape index (κ1) is 20.5. The summed E-state index contributed by atoms with van der Waals surface area (Å²) in [7, 11) is -3.68. The number of nitrogens with one attached hydrogen (secondary N) is 1. The number of hydrogen-bond acceptors (Lipinski definition) is 5. The lowest BCUT2D eigenvalue weighted by molar-refractivity contribution is -0.130. The lowest BCUT2D eigenvalue weighted by Crippen LogP contribution is -2.34. The van der Waals surface area contributed by atoms with Crippen molar-refractivity contribution >= 4 is 15.9 Å². The molecule has 1 aromatic heterocycles. The summed E-state index contributed by atoms with van der Waals surface area (Å²) < 4.78 is 30.0. The van der Waals surface area contributed by atoms with Crippen LogP contribution >= 0.6 is 0 Å². The van der Waals surface area contributed by atoms with Crippen molar-refractivity contribution in [3.8, 4) is 0 Å². The number of amides is 1. The van der Waals surface area contributed by atoms with E-state index in [1.165, 1.54) is 0 Å². The van der Waals surface area contributed by atoms with Crippen LogP contribution < -0.4 is 4.72 Å². The number of likely N-dealkylation sites (tertiary alicyclic amines) is 1. The Labute approximate surface area is 166 Å². The second-order valence-corrected chi connectivity index (χ2v) is 9.11. The summed E-state index contributed by atoms with van der Waals surface area (Å²) in [4.78, 5) is 14.6. The van der Waals surface area contributed by atoms with Crippen LogP contribution in [0.15, 0.2) is 23.4 Å². The highest BCUT2D eigenvalue weighted by Crippen LogP contribution is 2.26. The summed E-state index contributed by atoms with van der Waals surface area (Å²) in [5.41, 5.74) is 3.38. The fraction of sp³-hybridized carbons (Fsp3) is 0.526. The summed E-state index contributed by atoms with van der Waals surface area (Å²) in [6.07, 6.45) is 4.37. The average Bonchev–Trinajstić information content (AvgIpc) is 3.31. The van der Waals surface area contributed by atoms with Crippen LogP contribution in [0.25, 0.3) is 0 Å². The molecule has 2 aromatic rings. The fourth-order valence-electron chi connectivity index (χ4n) is 3.70. The molecule has 0 radical (unpaired) electrons. The van der Waals surface area contributed by atoms with Crippen molar-refractivity contribution in [2.75, 3.05) is 19.6 Å². The largest absolute Gasteiger partial charge is 0.340 e. The van der Waals surface area contributed by atoms with E-state index >= 15 is 0 Å². The zero-order valence-electron chi connectivity index (χ0n) is 16.8. The predicted molar refractivity (Wildman–Crippen MR) is 105 cm³/mol. The van der Waals surface area contributed by atoms with E-state index in [9.17, 15) is 13.2 Å². The molecule has 8 nitrogen and oxygen atoms in total. The lowest BCUT2D eigenvalue weighted by atomic mass is 10.0. The Kier molecular flexibility index (Phi) is 5.85. The summed E-state index contributed by atoms with van der Waals surface area (Å²) in [6.45, 7) is 8.74. The van der Waals surface area contributed by atoms with Crippen molar-refractivity contribution in [1.82, 2.24) is 24.6 Å². The normalized spacial score (nSPS) is 17.3. The number of nitrogens with zero attached hydrogens (tertiary/aromatic N) is 4. The van der Waals surface area contributed by atoms with Crippen LogP contribution in [0.2, 0.25) is 0 Å². The topological polar surface area (TPSA) is 97.2 Å². The number of hydrogen-bond donors (Lipinski definition) is 1. The van der Waals surface area contributed by atoms with Gasteiger partial charge < -0.3 is 4.90 Å². The molecule has 1 fully saturated rings. The smallest absolute Gasteiger partial charge is 0.241 e. The highest BCUT2D eigenvalue weighted by atomic mass is 32.2. The third-order valence-electron chi connectivity index (χ3n) is 5.53. The van der Waals surface area contributed by atoms with Gasteiger partial charge in [0.25, 0.3) is 0 Å². The molecular weight excluding hydrogens is 378 g/mol. The van der Waals surface area contributed by atoms with Gasteiger partial charge in [-0.05, 0) is 56.4 Å². The third-order valence-corrected chi connectivity index (χ3v) is 7.26. The van der Waals surface area contributed by atoms with Crippen molar-refractivity contribution < 1.29 is 13.2 Å². The van der Waals surface area contributed by atoms with Gasteiger partial charge in [-0.3, -0.25) is 4.79 Å². The molecule has 2 heterocycles. The molecule has 1 N–H and O–H groups in total. The van der Waals surface area contributed by atoms with Crippen molar-refractivity contribution in [3.63, 3.8) is 0 Å². The molecule has 1 atom stereocenters. The van der Waals surface area contributed by atoms with E-state index in [0.29, 0.717) is 18.0 Å². The number of benzene rings is 1. The summed E-state index contributed by atoms with van der Waals surface area (Å²) >= 11 is 0. The first-order chi connectivity index (χ1) is 13.2. The zero-order valence-corrected chi connectivity index (χ0v) is 17.6. The molecule has 1 aliphatic rings. The van der Waals surface area contributed by atoms with Crippen LogP contribution in [0.3, 0.4) is 0 Å². The number of sulfonamides is 1. The lowest BCUT2D eigenvalue weighted by Gasteiger charge is -2.18. The van der Waals surface area contributed by atoms with Crippen LogP contribution in [0.1, 0.15) is 41.1 Å². The fourth-order valence-corrected chi connectivity index (χ4v) is 5.35. The molecule has 1 saturated heterocycles. The molecule has 3 rings (SSSR count). The maximum absolute atomic E-state index is 12.8. The van der Waals surface area contributed by atoms with Crippen LogP contribution in [-0.2, 0) is 14.8 Å². The number of rotatable bonds is 6. The van der Waals surface area contributed by atoms with Gasteiger partial charge in [0.1, 0.15) is 0 Å². The summed E-state index contributed by atoms with van der Waals surface area (Å²) in [5.74, 6) is -0.0563. The van der Waals surface area contributed by atoms with Crippen LogP contribution in [0, 0.1) is 27.7 Å². The molecule has 152 valence electrons. The maximum atomic E-state index is 12.8. The number of aromatic nitrogens is 3. The monoisotopic (exact) mass is 405 g/mol. The molecular formula is C19H27N5O3S. The highest BCUT2D eigenvalue weighted by molar-refractivity contribution is 7.89. The third kappa shape index (κ3) is 4.10. The molecule has 1 unspecified atom stereocenters. The minimum Gasteiger partial charge on any atom is -0.340 e. The molecule has 28 heavy (non-hydrogen) atoms. The Morgan fingerprint density at radius 2 is 1.89 bits per heavy atom. The number of carbonyl (C=O) groups is 1. The average molecular weight is 406 g/mol. The van der Waals surface area contributed by atoms with E-state index in [0.717, 1.165) is 28.7 Å². The van der Waals surface area contributed by atoms with E-state index in [4.69, 9.17) is 0 Å². The minimum absolute atomic E-state index is 0.0563. The van der Waals surface area contributed by atoms with Gasteiger partial charge in [-0.1, -0.05) is 11.3 Å².